The maximum Gasteiger partial charge on any atom is 0.256 e. The average Bonchev–Trinajstić information content (AvgIpc) is 3.47. The molecule has 1 saturated heterocycles. The average molecular weight is 442 g/mol. The fraction of sp³-hybridized carbons (Fsp3) is 0.429. The largest absolute Gasteiger partial charge is 0.481 e. The van der Waals surface area contributed by atoms with Crippen LogP contribution in [0, 0.1) is 6.92 Å². The smallest absolute Gasteiger partial charge is 0.256 e. The van der Waals surface area contributed by atoms with Gasteiger partial charge in [0.05, 0.1) is 53.2 Å². The zero-order chi connectivity index (χ0) is 21.8. The summed E-state index contributed by atoms with van der Waals surface area (Å²) in [4.78, 5) is 22.2. The van der Waals surface area contributed by atoms with E-state index in [4.69, 9.17) is 9.72 Å². The number of ether oxygens (including phenoxy) is 1. The third kappa shape index (κ3) is 3.76. The number of pyridine rings is 2. The van der Waals surface area contributed by atoms with Crippen molar-refractivity contribution in [2.75, 3.05) is 23.9 Å². The molecule has 0 radical (unpaired) electrons. The number of carbonyl (C=O) groups excluding carboxylic acids is 1. The molecule has 2 aliphatic rings. The number of nitrogens with one attached hydrogen (secondary N) is 1. The van der Waals surface area contributed by atoms with E-state index >= 15 is 0 Å². The fourth-order valence-corrected chi connectivity index (χ4v) is 5.79. The molecule has 3 aromatic rings. The van der Waals surface area contributed by atoms with Crippen molar-refractivity contribution in [3.63, 3.8) is 0 Å². The van der Waals surface area contributed by atoms with Crippen LogP contribution in [0.25, 0.3) is 11.0 Å². The molecule has 1 N–H and O–H groups in total. The van der Waals surface area contributed by atoms with Crippen LogP contribution in [0.15, 0.2) is 24.4 Å². The van der Waals surface area contributed by atoms with Crippen molar-refractivity contribution in [2.24, 2.45) is 0 Å². The number of carbonyl (C=O) groups is 1. The topological polar surface area (TPSA) is 116 Å². The van der Waals surface area contributed by atoms with E-state index in [2.05, 4.69) is 15.4 Å². The van der Waals surface area contributed by atoms with Crippen molar-refractivity contribution in [3.05, 3.63) is 41.3 Å². The van der Waals surface area contributed by atoms with E-state index in [-0.39, 0.29) is 23.5 Å². The molecule has 1 aliphatic heterocycles. The Morgan fingerprint density at radius 3 is 2.68 bits per heavy atom. The van der Waals surface area contributed by atoms with Crippen molar-refractivity contribution in [2.45, 2.75) is 38.1 Å². The number of hydrogen-bond acceptors (Lipinski definition) is 7. The van der Waals surface area contributed by atoms with Gasteiger partial charge in [0.1, 0.15) is 0 Å². The quantitative estimate of drug-likeness (QED) is 0.647. The van der Waals surface area contributed by atoms with E-state index in [1.165, 1.54) is 13.3 Å². The van der Waals surface area contributed by atoms with Crippen molar-refractivity contribution >= 4 is 32.5 Å². The van der Waals surface area contributed by atoms with Crippen molar-refractivity contribution in [1.82, 2.24) is 19.7 Å². The predicted octanol–water partition coefficient (Wildman–Crippen LogP) is 2.63. The first-order chi connectivity index (χ1) is 14.8. The van der Waals surface area contributed by atoms with Crippen LogP contribution in [0.2, 0.25) is 0 Å². The highest BCUT2D eigenvalue weighted by molar-refractivity contribution is 7.91. The minimum Gasteiger partial charge on any atom is -0.481 e. The van der Waals surface area contributed by atoms with Gasteiger partial charge in [0.25, 0.3) is 5.91 Å². The Kier molecular flexibility index (Phi) is 4.69. The first-order valence-electron chi connectivity index (χ1n) is 10.3. The summed E-state index contributed by atoms with van der Waals surface area (Å²) >= 11 is 0. The maximum atomic E-state index is 13.2. The molecule has 31 heavy (non-hydrogen) atoms. The lowest BCUT2D eigenvalue weighted by Gasteiger charge is -2.12. The Hall–Kier alpha value is -3.01. The molecule has 5 rings (SSSR count). The van der Waals surface area contributed by atoms with Gasteiger partial charge in [0.15, 0.2) is 15.5 Å². The molecule has 3 aromatic heterocycles. The summed E-state index contributed by atoms with van der Waals surface area (Å²) in [7, 11) is -1.54. The lowest BCUT2D eigenvalue weighted by Crippen LogP contribution is -2.15. The molecule has 1 unspecified atom stereocenters. The van der Waals surface area contributed by atoms with E-state index in [0.29, 0.717) is 46.2 Å². The molecule has 10 heteroatoms. The second-order valence-corrected chi connectivity index (χ2v) is 10.4. The second kappa shape index (κ2) is 7.30. The molecule has 1 saturated carbocycles. The number of amides is 1. The highest BCUT2D eigenvalue weighted by Crippen LogP contribution is 2.41. The van der Waals surface area contributed by atoms with Gasteiger partial charge in [-0.25, -0.2) is 23.1 Å². The number of hydrogen-bond donors (Lipinski definition) is 1. The Bertz CT molecular complexity index is 1280. The zero-order valence-electron chi connectivity index (χ0n) is 17.3. The molecule has 9 nitrogen and oxygen atoms in total. The van der Waals surface area contributed by atoms with Crippen LogP contribution < -0.4 is 10.1 Å². The number of nitrogens with zero attached hydrogens (tertiary/aromatic N) is 4. The van der Waals surface area contributed by atoms with Crippen molar-refractivity contribution in [1.29, 1.82) is 0 Å². The number of aryl methyl sites for hydroxylation is 1. The van der Waals surface area contributed by atoms with Crippen LogP contribution in [0.4, 0.5) is 5.69 Å². The van der Waals surface area contributed by atoms with Gasteiger partial charge in [-0.05, 0) is 38.3 Å². The van der Waals surface area contributed by atoms with Crippen LogP contribution in [0.5, 0.6) is 5.88 Å². The molecule has 0 bridgehead atoms. The Balaban J connectivity index is 1.57. The highest BCUT2D eigenvalue weighted by atomic mass is 32.2. The number of methoxy groups -OCH3 is 1. The molecular formula is C21H23N5O4S. The summed E-state index contributed by atoms with van der Waals surface area (Å²) < 4.78 is 30.8. The summed E-state index contributed by atoms with van der Waals surface area (Å²) in [6.07, 6.45) is 4.11. The van der Waals surface area contributed by atoms with Gasteiger partial charge in [-0.1, -0.05) is 0 Å². The predicted molar refractivity (Wildman–Crippen MR) is 115 cm³/mol. The zero-order valence-corrected chi connectivity index (χ0v) is 18.1. The van der Waals surface area contributed by atoms with E-state index in [9.17, 15) is 13.2 Å². The molecule has 1 aliphatic carbocycles. The number of sulfone groups is 1. The lowest BCUT2D eigenvalue weighted by atomic mass is 10.1. The minimum atomic E-state index is -3.08. The van der Waals surface area contributed by atoms with Crippen LogP contribution in [-0.2, 0) is 9.84 Å². The van der Waals surface area contributed by atoms with Gasteiger partial charge in [-0.2, -0.15) is 5.10 Å². The van der Waals surface area contributed by atoms with Crippen molar-refractivity contribution < 1.29 is 17.9 Å². The molecule has 1 atom stereocenters. The van der Waals surface area contributed by atoms with Gasteiger partial charge < -0.3 is 10.1 Å². The van der Waals surface area contributed by atoms with Gasteiger partial charge in [0, 0.05) is 17.7 Å². The molecule has 0 aromatic carbocycles. The standard InChI is InChI=1S/C21H23N5O4S/c1-12-19-16(21(27)23-14-5-6-18(30-2)22-10-14)9-17(13-3-4-13)24-20(19)26(25-12)15-7-8-31(28,29)11-15/h5-6,9-10,13,15H,3-4,7-8,11H2,1-2H3,(H,23,27). The van der Waals surface area contributed by atoms with Gasteiger partial charge in [-0.15, -0.1) is 0 Å². The third-order valence-corrected chi connectivity index (χ3v) is 7.60. The summed E-state index contributed by atoms with van der Waals surface area (Å²) in [6.45, 7) is 1.83. The minimum absolute atomic E-state index is 0.0532. The molecule has 162 valence electrons. The van der Waals surface area contributed by atoms with Crippen LogP contribution in [0.3, 0.4) is 0 Å². The second-order valence-electron chi connectivity index (χ2n) is 8.20. The summed E-state index contributed by atoms with van der Waals surface area (Å²) in [5.74, 6) is 0.719. The highest BCUT2D eigenvalue weighted by Gasteiger charge is 2.34. The molecule has 2 fully saturated rings. The van der Waals surface area contributed by atoms with E-state index in [1.807, 2.05) is 13.0 Å². The van der Waals surface area contributed by atoms with Crippen LogP contribution in [0.1, 0.15) is 53.0 Å². The van der Waals surface area contributed by atoms with Crippen LogP contribution in [-0.4, -0.2) is 52.7 Å². The van der Waals surface area contributed by atoms with Crippen molar-refractivity contribution in [3.8, 4) is 5.88 Å². The number of anilines is 1. The Morgan fingerprint density at radius 2 is 2.06 bits per heavy atom. The summed E-state index contributed by atoms with van der Waals surface area (Å²) in [6, 6.07) is 4.99. The van der Waals surface area contributed by atoms with Gasteiger partial charge in [-0.3, -0.25) is 4.79 Å². The summed E-state index contributed by atoms with van der Waals surface area (Å²) in [5.41, 5.74) is 3.14. The fourth-order valence-electron chi connectivity index (χ4n) is 4.10. The first kappa shape index (κ1) is 19.9. The molecular weight excluding hydrogens is 418 g/mol. The van der Waals surface area contributed by atoms with Gasteiger partial charge >= 0.3 is 0 Å². The first-order valence-corrected chi connectivity index (χ1v) is 12.1. The van der Waals surface area contributed by atoms with E-state index < -0.39 is 9.84 Å². The Labute approximate surface area is 179 Å². The lowest BCUT2D eigenvalue weighted by molar-refractivity contribution is 0.102. The van der Waals surface area contributed by atoms with E-state index in [1.54, 1.807) is 16.8 Å². The van der Waals surface area contributed by atoms with Gasteiger partial charge in [0.2, 0.25) is 5.88 Å². The number of rotatable bonds is 5. The molecule has 4 heterocycles. The molecule has 1 amide bonds. The summed E-state index contributed by atoms with van der Waals surface area (Å²) in [5, 5.41) is 8.16. The van der Waals surface area contributed by atoms with Crippen LogP contribution >= 0.6 is 0 Å². The van der Waals surface area contributed by atoms with E-state index in [0.717, 1.165) is 18.5 Å². The monoisotopic (exact) mass is 441 g/mol. The Morgan fingerprint density at radius 1 is 1.26 bits per heavy atom. The normalized spacial score (nSPS) is 20.1. The number of fused-ring (bicyclic) bond motifs is 1. The maximum absolute atomic E-state index is 13.2. The number of aromatic nitrogens is 4. The SMILES string of the molecule is COc1ccc(NC(=O)c2cc(C3CC3)nc3c2c(C)nn3C2CCS(=O)(=O)C2)cn1. The molecule has 0 spiro atoms. The third-order valence-electron chi connectivity index (χ3n) is 5.85.